The predicted molar refractivity (Wildman–Crippen MR) is 70.6 cm³/mol. The van der Waals surface area contributed by atoms with Crippen molar-refractivity contribution in [1.82, 2.24) is 0 Å². The topological polar surface area (TPSA) is 37.3 Å². The molecule has 0 radical (unpaired) electrons. The van der Waals surface area contributed by atoms with Crippen molar-refractivity contribution in [2.24, 2.45) is 0 Å². The molecule has 0 fully saturated rings. The first-order chi connectivity index (χ1) is 8.06. The van der Waals surface area contributed by atoms with Gasteiger partial charge >= 0.3 is 5.97 Å². The van der Waals surface area contributed by atoms with Crippen molar-refractivity contribution in [2.45, 2.75) is 20.3 Å². The van der Waals surface area contributed by atoms with Gasteiger partial charge < -0.3 is 5.11 Å². The number of hydrogen-bond acceptors (Lipinski definition) is 2. The minimum absolute atomic E-state index is 0.0986. The van der Waals surface area contributed by atoms with E-state index in [0.717, 1.165) is 16.0 Å². The summed E-state index contributed by atoms with van der Waals surface area (Å²) in [6.45, 7) is 4.17. The Morgan fingerprint density at radius 1 is 1.24 bits per heavy atom. The Hall–Kier alpha value is -1.61. The second kappa shape index (κ2) is 4.72. The molecule has 88 valence electrons. The van der Waals surface area contributed by atoms with E-state index in [4.69, 9.17) is 5.11 Å². The lowest BCUT2D eigenvalue weighted by Crippen LogP contribution is -1.97. The monoisotopic (exact) mass is 246 g/mol. The summed E-state index contributed by atoms with van der Waals surface area (Å²) < 4.78 is 0. The molecule has 0 saturated heterocycles. The van der Waals surface area contributed by atoms with Crippen molar-refractivity contribution in [3.63, 3.8) is 0 Å². The highest BCUT2D eigenvalue weighted by Crippen LogP contribution is 2.28. The molecule has 0 aliphatic heterocycles. The molecule has 0 atom stereocenters. The first-order valence-corrected chi connectivity index (χ1v) is 6.31. The predicted octanol–water partition coefficient (Wildman–Crippen LogP) is 3.66. The van der Waals surface area contributed by atoms with Gasteiger partial charge in [0.15, 0.2) is 0 Å². The van der Waals surface area contributed by atoms with Crippen molar-refractivity contribution in [3.05, 3.63) is 46.3 Å². The van der Waals surface area contributed by atoms with Gasteiger partial charge in [-0.2, -0.15) is 0 Å². The van der Waals surface area contributed by atoms with E-state index in [-0.39, 0.29) is 6.42 Å². The number of benzene rings is 1. The number of aliphatic carboxylic acids is 1. The van der Waals surface area contributed by atoms with Crippen LogP contribution in [0.15, 0.2) is 29.6 Å². The van der Waals surface area contributed by atoms with Gasteiger partial charge in [-0.1, -0.05) is 18.2 Å². The lowest BCUT2D eigenvalue weighted by molar-refractivity contribution is -0.136. The molecule has 2 rings (SSSR count). The Balaban J connectivity index is 2.30. The number of carbonyl (C=O) groups is 1. The number of thiophene rings is 1. The van der Waals surface area contributed by atoms with Gasteiger partial charge in [0.2, 0.25) is 0 Å². The molecule has 0 bridgehead atoms. The molecular weight excluding hydrogens is 232 g/mol. The fourth-order valence-electron chi connectivity index (χ4n) is 1.69. The molecule has 1 heterocycles. The summed E-state index contributed by atoms with van der Waals surface area (Å²) in [5.74, 6) is -0.783. The van der Waals surface area contributed by atoms with Crippen LogP contribution in [0.2, 0.25) is 0 Å². The molecule has 2 nitrogen and oxygen atoms in total. The quantitative estimate of drug-likeness (QED) is 0.897. The van der Waals surface area contributed by atoms with Crippen molar-refractivity contribution < 1.29 is 9.90 Å². The van der Waals surface area contributed by atoms with E-state index < -0.39 is 5.97 Å². The third-order valence-corrected chi connectivity index (χ3v) is 3.83. The number of aryl methyl sites for hydroxylation is 2. The van der Waals surface area contributed by atoms with Crippen LogP contribution in [-0.4, -0.2) is 11.1 Å². The van der Waals surface area contributed by atoms with E-state index in [1.54, 1.807) is 11.3 Å². The van der Waals surface area contributed by atoms with Crippen LogP contribution >= 0.6 is 11.3 Å². The molecule has 0 amide bonds. The summed E-state index contributed by atoms with van der Waals surface area (Å²) in [5.41, 5.74) is 4.57. The van der Waals surface area contributed by atoms with Crippen LogP contribution in [0.4, 0.5) is 0 Å². The van der Waals surface area contributed by atoms with Crippen LogP contribution in [0.3, 0.4) is 0 Å². The minimum atomic E-state index is -0.783. The Morgan fingerprint density at radius 3 is 2.65 bits per heavy atom. The summed E-state index contributed by atoms with van der Waals surface area (Å²) >= 11 is 1.60. The van der Waals surface area contributed by atoms with E-state index in [2.05, 4.69) is 32.0 Å². The van der Waals surface area contributed by atoms with Gasteiger partial charge in [0, 0.05) is 4.88 Å². The van der Waals surface area contributed by atoms with Crippen molar-refractivity contribution in [3.8, 4) is 10.4 Å². The smallest absolute Gasteiger partial charge is 0.307 e. The second-order valence-corrected chi connectivity index (χ2v) is 5.10. The first-order valence-electron chi connectivity index (χ1n) is 5.43. The molecule has 0 spiro atoms. The van der Waals surface area contributed by atoms with Crippen molar-refractivity contribution in [1.29, 1.82) is 0 Å². The Morgan fingerprint density at radius 2 is 2.00 bits per heavy atom. The van der Waals surface area contributed by atoms with E-state index in [0.29, 0.717) is 0 Å². The van der Waals surface area contributed by atoms with Gasteiger partial charge in [-0.3, -0.25) is 4.79 Å². The first kappa shape index (κ1) is 11.9. The van der Waals surface area contributed by atoms with Gasteiger partial charge in [0.05, 0.1) is 6.42 Å². The lowest BCUT2D eigenvalue weighted by Gasteiger charge is -2.02. The van der Waals surface area contributed by atoms with Gasteiger partial charge in [0.25, 0.3) is 0 Å². The van der Waals surface area contributed by atoms with Crippen LogP contribution < -0.4 is 0 Å². The molecule has 0 aliphatic rings. The van der Waals surface area contributed by atoms with Crippen molar-refractivity contribution >= 4 is 17.3 Å². The maximum atomic E-state index is 10.6. The maximum Gasteiger partial charge on any atom is 0.307 e. The largest absolute Gasteiger partial charge is 0.481 e. The van der Waals surface area contributed by atoms with Gasteiger partial charge in [0.1, 0.15) is 0 Å². The third kappa shape index (κ3) is 2.74. The Labute approximate surface area is 105 Å². The number of carboxylic acids is 1. The molecule has 0 unspecified atom stereocenters. The summed E-state index contributed by atoms with van der Waals surface area (Å²) in [4.78, 5) is 11.7. The molecule has 17 heavy (non-hydrogen) atoms. The zero-order valence-electron chi connectivity index (χ0n) is 9.86. The zero-order valence-corrected chi connectivity index (χ0v) is 10.7. The second-order valence-electron chi connectivity index (χ2n) is 4.19. The van der Waals surface area contributed by atoms with Crippen LogP contribution in [0.25, 0.3) is 10.4 Å². The maximum absolute atomic E-state index is 10.6. The average Bonchev–Trinajstić information content (AvgIpc) is 2.69. The standard InChI is InChI=1S/C14H14O2S/c1-9-3-4-12(5-10(9)2)13-6-11(8-17-13)7-14(15)16/h3-6,8H,7H2,1-2H3,(H,15,16). The fraction of sp³-hybridized carbons (Fsp3) is 0.214. The van der Waals surface area contributed by atoms with E-state index in [1.165, 1.54) is 11.1 Å². The minimum Gasteiger partial charge on any atom is -0.481 e. The van der Waals surface area contributed by atoms with Gasteiger partial charge in [-0.25, -0.2) is 0 Å². The molecule has 0 saturated carbocycles. The fourth-order valence-corrected chi connectivity index (χ4v) is 2.60. The summed E-state index contributed by atoms with van der Waals surface area (Å²) in [7, 11) is 0. The van der Waals surface area contributed by atoms with E-state index in [9.17, 15) is 4.79 Å². The molecule has 1 N–H and O–H groups in total. The molecule has 1 aromatic heterocycles. The summed E-state index contributed by atoms with van der Waals surface area (Å²) in [5, 5.41) is 10.6. The lowest BCUT2D eigenvalue weighted by atomic mass is 10.0. The highest BCUT2D eigenvalue weighted by Gasteiger charge is 2.06. The Kier molecular flexibility index (Phi) is 3.29. The summed E-state index contributed by atoms with van der Waals surface area (Å²) in [6.07, 6.45) is 0.0986. The van der Waals surface area contributed by atoms with Crippen molar-refractivity contribution in [2.75, 3.05) is 0 Å². The summed E-state index contributed by atoms with van der Waals surface area (Å²) in [6, 6.07) is 8.29. The molecule has 3 heteroatoms. The van der Waals surface area contributed by atoms with Crippen LogP contribution in [-0.2, 0) is 11.2 Å². The Bertz CT molecular complexity index is 555. The number of hydrogen-bond donors (Lipinski definition) is 1. The zero-order chi connectivity index (χ0) is 12.4. The molecule has 1 aromatic carbocycles. The van der Waals surface area contributed by atoms with Gasteiger partial charge in [-0.15, -0.1) is 11.3 Å². The molecule has 2 aromatic rings. The normalized spacial score (nSPS) is 10.5. The van der Waals surface area contributed by atoms with Crippen LogP contribution in [0, 0.1) is 13.8 Å². The highest BCUT2D eigenvalue weighted by atomic mass is 32.1. The highest BCUT2D eigenvalue weighted by molar-refractivity contribution is 7.13. The van der Waals surface area contributed by atoms with Crippen LogP contribution in [0.1, 0.15) is 16.7 Å². The van der Waals surface area contributed by atoms with E-state index >= 15 is 0 Å². The number of carboxylic acid groups (broad SMARTS) is 1. The average molecular weight is 246 g/mol. The number of rotatable bonds is 3. The third-order valence-electron chi connectivity index (χ3n) is 2.80. The van der Waals surface area contributed by atoms with Crippen LogP contribution in [0.5, 0.6) is 0 Å². The molecular formula is C14H14O2S. The SMILES string of the molecule is Cc1ccc(-c2cc(CC(=O)O)cs2)cc1C. The van der Waals surface area contributed by atoms with E-state index in [1.807, 2.05) is 11.4 Å². The molecule has 0 aliphatic carbocycles. The van der Waals surface area contributed by atoms with Gasteiger partial charge in [-0.05, 0) is 47.5 Å².